The van der Waals surface area contributed by atoms with Crippen LogP contribution in [0.25, 0.3) is 0 Å². The zero-order valence-electron chi connectivity index (χ0n) is 10.1. The highest BCUT2D eigenvalue weighted by molar-refractivity contribution is 5.90. The Kier molecular flexibility index (Phi) is 5.29. The predicted molar refractivity (Wildman–Crippen MR) is 63.5 cm³/mol. The van der Waals surface area contributed by atoms with Crippen LogP contribution in [0.4, 0.5) is 0 Å². The first-order chi connectivity index (χ1) is 8.22. The Labute approximate surface area is 100 Å². The van der Waals surface area contributed by atoms with Crippen LogP contribution in [0.1, 0.15) is 16.8 Å². The van der Waals surface area contributed by atoms with Gasteiger partial charge < -0.3 is 19.9 Å². The summed E-state index contributed by atoms with van der Waals surface area (Å²) in [7, 11) is 2.88. The summed E-state index contributed by atoms with van der Waals surface area (Å²) in [6.07, 6.45) is 0.742. The van der Waals surface area contributed by atoms with Crippen LogP contribution in [0.2, 0.25) is 0 Å². The summed E-state index contributed by atoms with van der Waals surface area (Å²) in [6, 6.07) is 4.89. The highest BCUT2D eigenvalue weighted by atomic mass is 16.5. The lowest BCUT2D eigenvalue weighted by Gasteiger charge is -2.11. The van der Waals surface area contributed by atoms with Gasteiger partial charge in [-0.05, 0) is 31.2 Å². The SMILES string of the molecule is COC(=O)c1ccc(OC)c(OCCCN)c1. The van der Waals surface area contributed by atoms with Crippen LogP contribution in [0.15, 0.2) is 18.2 Å². The van der Waals surface area contributed by atoms with Crippen molar-refractivity contribution in [2.45, 2.75) is 6.42 Å². The molecule has 0 fully saturated rings. The lowest BCUT2D eigenvalue weighted by molar-refractivity contribution is 0.0600. The Hall–Kier alpha value is -1.75. The minimum atomic E-state index is -0.406. The minimum absolute atomic E-state index is 0.406. The van der Waals surface area contributed by atoms with Crippen molar-refractivity contribution in [2.24, 2.45) is 5.73 Å². The van der Waals surface area contributed by atoms with E-state index < -0.39 is 5.97 Å². The molecule has 0 aliphatic carbocycles. The van der Waals surface area contributed by atoms with E-state index in [1.165, 1.54) is 7.11 Å². The van der Waals surface area contributed by atoms with Gasteiger partial charge in [0.1, 0.15) is 0 Å². The van der Waals surface area contributed by atoms with E-state index >= 15 is 0 Å². The molecule has 0 aliphatic rings. The molecule has 17 heavy (non-hydrogen) atoms. The summed E-state index contributed by atoms with van der Waals surface area (Å²) >= 11 is 0. The van der Waals surface area contributed by atoms with Gasteiger partial charge in [0.15, 0.2) is 11.5 Å². The number of carbonyl (C=O) groups excluding carboxylic acids is 1. The average Bonchev–Trinajstić information content (AvgIpc) is 2.38. The van der Waals surface area contributed by atoms with Gasteiger partial charge in [-0.3, -0.25) is 0 Å². The first-order valence-electron chi connectivity index (χ1n) is 5.32. The Morgan fingerprint density at radius 2 is 2.06 bits per heavy atom. The quantitative estimate of drug-likeness (QED) is 0.596. The van der Waals surface area contributed by atoms with Gasteiger partial charge in [0.25, 0.3) is 0 Å². The van der Waals surface area contributed by atoms with E-state index in [1.807, 2.05) is 0 Å². The van der Waals surface area contributed by atoms with Crippen LogP contribution in [0.3, 0.4) is 0 Å². The van der Waals surface area contributed by atoms with Crippen LogP contribution in [0, 0.1) is 0 Å². The summed E-state index contributed by atoms with van der Waals surface area (Å²) in [5.74, 6) is 0.690. The summed E-state index contributed by atoms with van der Waals surface area (Å²) in [6.45, 7) is 1.04. The minimum Gasteiger partial charge on any atom is -0.493 e. The molecular weight excluding hydrogens is 222 g/mol. The van der Waals surface area contributed by atoms with Crippen LogP contribution in [0.5, 0.6) is 11.5 Å². The normalized spacial score (nSPS) is 9.82. The third-order valence-corrected chi connectivity index (χ3v) is 2.19. The molecule has 2 N–H and O–H groups in total. The van der Waals surface area contributed by atoms with E-state index in [4.69, 9.17) is 15.2 Å². The molecule has 0 bridgehead atoms. The van der Waals surface area contributed by atoms with Crippen molar-refractivity contribution in [3.05, 3.63) is 23.8 Å². The lowest BCUT2D eigenvalue weighted by atomic mass is 10.2. The van der Waals surface area contributed by atoms with Crippen LogP contribution >= 0.6 is 0 Å². The molecule has 94 valence electrons. The molecule has 0 heterocycles. The van der Waals surface area contributed by atoms with Crippen molar-refractivity contribution >= 4 is 5.97 Å². The molecular formula is C12H17NO4. The highest BCUT2D eigenvalue weighted by Gasteiger charge is 2.11. The summed E-state index contributed by atoms with van der Waals surface area (Å²) in [5.41, 5.74) is 5.80. The zero-order chi connectivity index (χ0) is 12.7. The molecule has 0 aliphatic heterocycles. The number of benzene rings is 1. The molecule has 0 radical (unpaired) electrons. The molecule has 5 nitrogen and oxygen atoms in total. The van der Waals surface area contributed by atoms with Crippen molar-refractivity contribution in [1.82, 2.24) is 0 Å². The van der Waals surface area contributed by atoms with Gasteiger partial charge in [0.05, 0.1) is 26.4 Å². The number of ether oxygens (including phenoxy) is 3. The second kappa shape index (κ2) is 6.75. The second-order valence-corrected chi connectivity index (χ2v) is 3.35. The third-order valence-electron chi connectivity index (χ3n) is 2.19. The van der Waals surface area contributed by atoms with E-state index in [1.54, 1.807) is 25.3 Å². The predicted octanol–water partition coefficient (Wildman–Crippen LogP) is 1.21. The summed E-state index contributed by atoms with van der Waals surface area (Å²) in [5, 5.41) is 0. The van der Waals surface area contributed by atoms with Crippen molar-refractivity contribution in [3.63, 3.8) is 0 Å². The Bertz CT molecular complexity index is 379. The second-order valence-electron chi connectivity index (χ2n) is 3.35. The first kappa shape index (κ1) is 13.3. The highest BCUT2D eigenvalue weighted by Crippen LogP contribution is 2.28. The van der Waals surface area contributed by atoms with E-state index in [-0.39, 0.29) is 0 Å². The van der Waals surface area contributed by atoms with E-state index in [2.05, 4.69) is 4.74 Å². The van der Waals surface area contributed by atoms with E-state index in [0.717, 1.165) is 6.42 Å². The Balaban J connectivity index is 2.86. The number of esters is 1. The number of hydrogen-bond acceptors (Lipinski definition) is 5. The fourth-order valence-corrected chi connectivity index (χ4v) is 1.30. The first-order valence-corrected chi connectivity index (χ1v) is 5.32. The number of methoxy groups -OCH3 is 2. The maximum Gasteiger partial charge on any atom is 0.337 e. The molecule has 0 saturated heterocycles. The van der Waals surface area contributed by atoms with Gasteiger partial charge in [-0.15, -0.1) is 0 Å². The van der Waals surface area contributed by atoms with Gasteiger partial charge >= 0.3 is 5.97 Å². The average molecular weight is 239 g/mol. The van der Waals surface area contributed by atoms with Crippen molar-refractivity contribution in [3.8, 4) is 11.5 Å². The number of hydrogen-bond donors (Lipinski definition) is 1. The standard InChI is InChI=1S/C12H17NO4/c1-15-10-5-4-9(12(14)16-2)8-11(10)17-7-3-6-13/h4-5,8H,3,6-7,13H2,1-2H3. The van der Waals surface area contributed by atoms with Gasteiger partial charge in [0, 0.05) is 0 Å². The van der Waals surface area contributed by atoms with Gasteiger partial charge in [-0.25, -0.2) is 4.79 Å². The largest absolute Gasteiger partial charge is 0.493 e. The van der Waals surface area contributed by atoms with Gasteiger partial charge in [-0.2, -0.15) is 0 Å². The molecule has 0 atom stereocenters. The van der Waals surface area contributed by atoms with Crippen molar-refractivity contribution in [1.29, 1.82) is 0 Å². The third kappa shape index (κ3) is 3.64. The zero-order valence-corrected chi connectivity index (χ0v) is 10.1. The topological polar surface area (TPSA) is 70.8 Å². The molecule has 0 amide bonds. The van der Waals surface area contributed by atoms with Crippen molar-refractivity contribution in [2.75, 3.05) is 27.4 Å². The van der Waals surface area contributed by atoms with Crippen LogP contribution in [-0.2, 0) is 4.74 Å². The molecule has 1 rings (SSSR count). The molecule has 5 heteroatoms. The van der Waals surface area contributed by atoms with Crippen molar-refractivity contribution < 1.29 is 19.0 Å². The van der Waals surface area contributed by atoms with E-state index in [9.17, 15) is 4.79 Å². The van der Waals surface area contributed by atoms with Crippen LogP contribution in [-0.4, -0.2) is 33.3 Å². The summed E-state index contributed by atoms with van der Waals surface area (Å²) in [4.78, 5) is 11.4. The molecule has 1 aromatic rings. The smallest absolute Gasteiger partial charge is 0.337 e. The fourth-order valence-electron chi connectivity index (χ4n) is 1.30. The lowest BCUT2D eigenvalue weighted by Crippen LogP contribution is -2.08. The molecule has 0 saturated carbocycles. The maximum atomic E-state index is 11.4. The van der Waals surface area contributed by atoms with Gasteiger partial charge in [0.2, 0.25) is 0 Å². The van der Waals surface area contributed by atoms with E-state index in [0.29, 0.717) is 30.2 Å². The summed E-state index contributed by atoms with van der Waals surface area (Å²) < 4.78 is 15.3. The number of nitrogens with two attached hydrogens (primary N) is 1. The Morgan fingerprint density at radius 1 is 1.29 bits per heavy atom. The Morgan fingerprint density at radius 3 is 2.65 bits per heavy atom. The molecule has 1 aromatic carbocycles. The number of carbonyl (C=O) groups is 1. The maximum absolute atomic E-state index is 11.4. The van der Waals surface area contributed by atoms with Crippen LogP contribution < -0.4 is 15.2 Å². The fraction of sp³-hybridized carbons (Fsp3) is 0.417. The monoisotopic (exact) mass is 239 g/mol. The number of rotatable bonds is 6. The van der Waals surface area contributed by atoms with Gasteiger partial charge in [-0.1, -0.05) is 0 Å². The molecule has 0 spiro atoms. The molecule has 0 unspecified atom stereocenters. The molecule has 0 aromatic heterocycles.